The monoisotopic (exact) mass is 481 g/mol. The first-order valence-electron chi connectivity index (χ1n) is 9.77. The van der Waals surface area contributed by atoms with Gasteiger partial charge in [0.1, 0.15) is 5.50 Å². The lowest BCUT2D eigenvalue weighted by molar-refractivity contribution is -0.122. The molecule has 1 heterocycles. The Kier molecular flexibility index (Phi) is 7.64. The molecule has 0 aliphatic carbocycles. The van der Waals surface area contributed by atoms with Crippen molar-refractivity contribution >= 4 is 50.7 Å². The first-order chi connectivity index (χ1) is 14.7. The van der Waals surface area contributed by atoms with Gasteiger partial charge in [-0.15, -0.1) is 11.8 Å². The molecule has 2 amide bonds. The summed E-state index contributed by atoms with van der Waals surface area (Å²) in [5, 5.41) is 7.42. The first kappa shape index (κ1) is 23.6. The van der Waals surface area contributed by atoms with E-state index in [1.165, 1.54) is 23.9 Å². The lowest BCUT2D eigenvalue weighted by atomic mass is 10.2. The molecule has 31 heavy (non-hydrogen) atoms. The Balaban J connectivity index is 1.63. The van der Waals surface area contributed by atoms with Crippen LogP contribution in [0, 0.1) is 6.92 Å². The summed E-state index contributed by atoms with van der Waals surface area (Å²) in [7, 11) is -3.81. The van der Waals surface area contributed by atoms with Crippen LogP contribution in [0.2, 0.25) is 5.02 Å². The van der Waals surface area contributed by atoms with Gasteiger partial charge in [0.25, 0.3) is 0 Å². The van der Waals surface area contributed by atoms with Crippen molar-refractivity contribution in [3.8, 4) is 0 Å². The number of nitrogens with one attached hydrogen (secondary N) is 3. The number of anilines is 1. The zero-order valence-electron chi connectivity index (χ0n) is 17.1. The quantitative estimate of drug-likeness (QED) is 0.561. The number of carbonyl (C=O) groups excluding carboxylic acids is 2. The molecule has 3 unspecified atom stereocenters. The predicted octanol–water partition coefficient (Wildman–Crippen LogP) is 2.94. The molecule has 0 spiro atoms. The smallest absolute Gasteiger partial charge is 0.241 e. The van der Waals surface area contributed by atoms with Crippen molar-refractivity contribution in [2.24, 2.45) is 0 Å². The number of hydrogen-bond acceptors (Lipinski definition) is 6. The van der Waals surface area contributed by atoms with Crippen molar-refractivity contribution in [3.63, 3.8) is 0 Å². The summed E-state index contributed by atoms with van der Waals surface area (Å²) < 4.78 is 25.5. The molecular formula is C21H24ClN3O4S2. The Bertz CT molecular complexity index is 1060. The third kappa shape index (κ3) is 5.60. The molecule has 7 nitrogen and oxygen atoms in total. The Hall–Kier alpha value is -2.07. The van der Waals surface area contributed by atoms with Crippen molar-refractivity contribution in [1.82, 2.24) is 10.6 Å². The highest BCUT2D eigenvalue weighted by Crippen LogP contribution is 2.26. The highest BCUT2D eigenvalue weighted by Gasteiger charge is 2.39. The van der Waals surface area contributed by atoms with Crippen molar-refractivity contribution < 1.29 is 18.0 Å². The average molecular weight is 482 g/mol. The Morgan fingerprint density at radius 2 is 1.97 bits per heavy atom. The van der Waals surface area contributed by atoms with Gasteiger partial charge in [-0.3, -0.25) is 14.9 Å². The second kappa shape index (κ2) is 10.0. The maximum Gasteiger partial charge on any atom is 0.241 e. The van der Waals surface area contributed by atoms with Gasteiger partial charge in [0.2, 0.25) is 11.8 Å². The third-order valence-electron chi connectivity index (χ3n) is 4.92. The van der Waals surface area contributed by atoms with E-state index < -0.39 is 31.7 Å². The summed E-state index contributed by atoms with van der Waals surface area (Å²) in [6, 6.07) is 13.1. The maximum absolute atomic E-state index is 12.8. The zero-order chi connectivity index (χ0) is 22.6. The molecule has 3 N–H and O–H groups in total. The molecule has 3 atom stereocenters. The van der Waals surface area contributed by atoms with Gasteiger partial charge in [-0.1, -0.05) is 42.8 Å². The summed E-state index contributed by atoms with van der Waals surface area (Å²) in [5.41, 5.74) is 0.938. The molecule has 0 radical (unpaired) electrons. The Morgan fingerprint density at radius 1 is 1.26 bits per heavy atom. The van der Waals surface area contributed by atoms with Crippen LogP contribution in [0.5, 0.6) is 0 Å². The summed E-state index contributed by atoms with van der Waals surface area (Å²) in [5.74, 6) is -0.797. The van der Waals surface area contributed by atoms with Crippen LogP contribution in [0.4, 0.5) is 5.69 Å². The van der Waals surface area contributed by atoms with Crippen LogP contribution in [0.1, 0.15) is 18.9 Å². The van der Waals surface area contributed by atoms with Crippen molar-refractivity contribution in [2.75, 3.05) is 11.9 Å². The van der Waals surface area contributed by atoms with E-state index in [-0.39, 0.29) is 17.3 Å². The van der Waals surface area contributed by atoms with Crippen LogP contribution in [0.3, 0.4) is 0 Å². The fourth-order valence-corrected chi connectivity index (χ4v) is 5.92. The standard InChI is InChI=1S/C21H24ClN3O4S2/c1-3-17(19(26)24-16-11-14(22)10-9-13(16)2)30-21-23-12-18(20(27)25-21)31(28,29)15-7-5-4-6-8-15/h4-11,17-18,21,23H,3,12H2,1-2H3,(H,24,26)(H,25,27). The van der Waals surface area contributed by atoms with Gasteiger partial charge < -0.3 is 10.6 Å². The molecule has 2 aromatic carbocycles. The molecule has 2 aromatic rings. The number of benzene rings is 2. The van der Waals surface area contributed by atoms with E-state index in [4.69, 9.17) is 11.6 Å². The van der Waals surface area contributed by atoms with Crippen molar-refractivity contribution in [2.45, 2.75) is 41.2 Å². The van der Waals surface area contributed by atoms with Gasteiger partial charge in [0, 0.05) is 17.3 Å². The fraction of sp³-hybridized carbons (Fsp3) is 0.333. The van der Waals surface area contributed by atoms with Crippen LogP contribution in [-0.4, -0.2) is 42.8 Å². The Labute approximate surface area is 191 Å². The summed E-state index contributed by atoms with van der Waals surface area (Å²) in [4.78, 5) is 25.4. The topological polar surface area (TPSA) is 104 Å². The number of thioether (sulfide) groups is 1. The molecule has 3 rings (SSSR count). The number of hydrogen-bond donors (Lipinski definition) is 3. The summed E-state index contributed by atoms with van der Waals surface area (Å²) in [6.07, 6.45) is 0.524. The minimum absolute atomic E-state index is 0.0355. The normalized spacial score (nSPS) is 20.0. The van der Waals surface area contributed by atoms with Crippen LogP contribution < -0.4 is 16.0 Å². The predicted molar refractivity (Wildman–Crippen MR) is 124 cm³/mol. The fourth-order valence-electron chi connectivity index (χ4n) is 3.14. The number of rotatable bonds is 7. The Morgan fingerprint density at radius 3 is 2.61 bits per heavy atom. The van der Waals surface area contributed by atoms with Gasteiger partial charge in [-0.2, -0.15) is 0 Å². The molecular weight excluding hydrogens is 458 g/mol. The van der Waals surface area contributed by atoms with E-state index in [2.05, 4.69) is 16.0 Å². The zero-order valence-corrected chi connectivity index (χ0v) is 19.5. The van der Waals surface area contributed by atoms with E-state index >= 15 is 0 Å². The highest BCUT2D eigenvalue weighted by atomic mass is 35.5. The van der Waals surface area contributed by atoms with Crippen LogP contribution in [-0.2, 0) is 19.4 Å². The van der Waals surface area contributed by atoms with Crippen LogP contribution in [0.15, 0.2) is 53.4 Å². The molecule has 1 aliphatic rings. The minimum atomic E-state index is -3.81. The average Bonchev–Trinajstić information content (AvgIpc) is 2.75. The van der Waals surface area contributed by atoms with Crippen LogP contribution >= 0.6 is 23.4 Å². The molecule has 0 saturated carbocycles. The number of aryl methyl sites for hydroxylation is 1. The third-order valence-corrected chi connectivity index (χ3v) is 8.65. The van der Waals surface area contributed by atoms with E-state index in [0.29, 0.717) is 17.1 Å². The first-order valence-corrected chi connectivity index (χ1v) is 12.6. The highest BCUT2D eigenvalue weighted by molar-refractivity contribution is 8.01. The van der Waals surface area contributed by atoms with Gasteiger partial charge >= 0.3 is 0 Å². The van der Waals surface area contributed by atoms with E-state index in [9.17, 15) is 18.0 Å². The van der Waals surface area contributed by atoms with E-state index in [0.717, 1.165) is 5.56 Å². The number of sulfone groups is 1. The van der Waals surface area contributed by atoms with Gasteiger partial charge in [0.05, 0.1) is 10.1 Å². The second-order valence-corrected chi connectivity index (χ2v) is 11.0. The van der Waals surface area contributed by atoms with Crippen molar-refractivity contribution in [1.29, 1.82) is 0 Å². The van der Waals surface area contributed by atoms with E-state index in [1.54, 1.807) is 30.3 Å². The lowest BCUT2D eigenvalue weighted by Crippen LogP contribution is -2.60. The molecule has 1 fully saturated rings. The van der Waals surface area contributed by atoms with Gasteiger partial charge in [-0.25, -0.2) is 8.42 Å². The summed E-state index contributed by atoms with van der Waals surface area (Å²) in [6.45, 7) is 3.71. The molecule has 0 bridgehead atoms. The number of carbonyl (C=O) groups is 2. The maximum atomic E-state index is 12.8. The number of halogens is 1. The molecule has 0 aromatic heterocycles. The SMILES string of the molecule is CCC(SC1NCC(S(=O)(=O)c2ccccc2)C(=O)N1)C(=O)Nc1cc(Cl)ccc1C. The largest absolute Gasteiger partial charge is 0.331 e. The minimum Gasteiger partial charge on any atom is -0.331 e. The van der Waals surface area contributed by atoms with Gasteiger partial charge in [0.15, 0.2) is 15.1 Å². The lowest BCUT2D eigenvalue weighted by Gasteiger charge is -2.31. The molecule has 10 heteroatoms. The van der Waals surface area contributed by atoms with E-state index in [1.807, 2.05) is 19.9 Å². The van der Waals surface area contributed by atoms with Crippen LogP contribution in [0.25, 0.3) is 0 Å². The molecule has 1 saturated heterocycles. The molecule has 1 aliphatic heterocycles. The van der Waals surface area contributed by atoms with Crippen molar-refractivity contribution in [3.05, 3.63) is 59.1 Å². The summed E-state index contributed by atoms with van der Waals surface area (Å²) >= 11 is 7.25. The van der Waals surface area contributed by atoms with Gasteiger partial charge in [-0.05, 0) is 43.2 Å². The second-order valence-electron chi connectivity index (χ2n) is 7.13. The number of amides is 2. The molecule has 166 valence electrons.